The first-order valence-electron chi connectivity index (χ1n) is 7.21. The van der Waals surface area contributed by atoms with Gasteiger partial charge in [-0.2, -0.15) is 0 Å². The van der Waals surface area contributed by atoms with Crippen LogP contribution in [0.4, 0.5) is 5.69 Å². The third-order valence-electron chi connectivity index (χ3n) is 4.07. The van der Waals surface area contributed by atoms with E-state index in [0.29, 0.717) is 23.0 Å². The van der Waals surface area contributed by atoms with Gasteiger partial charge in [0.2, 0.25) is 0 Å². The maximum atomic E-state index is 12.7. The van der Waals surface area contributed by atoms with Gasteiger partial charge in [0.05, 0.1) is 19.2 Å². The van der Waals surface area contributed by atoms with Crippen molar-refractivity contribution in [3.8, 4) is 5.75 Å². The molecule has 23 heavy (non-hydrogen) atoms. The number of carbonyl (C=O) groups excluding carboxylic acids is 1. The van der Waals surface area contributed by atoms with Crippen LogP contribution in [0.5, 0.6) is 5.75 Å². The lowest BCUT2D eigenvalue weighted by atomic mass is 10.1. The van der Waals surface area contributed by atoms with Crippen LogP contribution in [0.25, 0.3) is 10.9 Å². The second-order valence-electron chi connectivity index (χ2n) is 5.43. The van der Waals surface area contributed by atoms with Crippen LogP contribution in [0.3, 0.4) is 0 Å². The van der Waals surface area contributed by atoms with Gasteiger partial charge < -0.3 is 9.64 Å². The molecule has 0 bridgehead atoms. The molecule has 114 valence electrons. The van der Waals surface area contributed by atoms with E-state index in [4.69, 9.17) is 16.3 Å². The molecule has 0 unspecified atom stereocenters. The van der Waals surface area contributed by atoms with Crippen LogP contribution in [-0.4, -0.2) is 18.0 Å². The van der Waals surface area contributed by atoms with Crippen molar-refractivity contribution in [2.45, 2.75) is 6.54 Å². The van der Waals surface area contributed by atoms with Crippen LogP contribution < -0.4 is 9.64 Å². The van der Waals surface area contributed by atoms with Gasteiger partial charge in [-0.15, -0.1) is 0 Å². The number of benzene rings is 2. The molecule has 0 fully saturated rings. The zero-order valence-electron chi connectivity index (χ0n) is 12.4. The lowest BCUT2D eigenvalue weighted by Gasteiger charge is -2.16. The van der Waals surface area contributed by atoms with Crippen molar-refractivity contribution in [1.82, 2.24) is 4.98 Å². The van der Waals surface area contributed by atoms with E-state index >= 15 is 0 Å². The summed E-state index contributed by atoms with van der Waals surface area (Å²) in [6, 6.07) is 15.0. The number of nitrogens with zero attached hydrogens (tertiary/aromatic N) is 2. The number of hydrogen-bond acceptors (Lipinski definition) is 3. The second-order valence-corrected chi connectivity index (χ2v) is 5.81. The van der Waals surface area contributed by atoms with Crippen LogP contribution in [0.2, 0.25) is 5.15 Å². The number of halogens is 1. The summed E-state index contributed by atoms with van der Waals surface area (Å²) in [6.07, 6.45) is 0. The number of rotatable bonds is 2. The van der Waals surface area contributed by atoms with Gasteiger partial charge >= 0.3 is 0 Å². The van der Waals surface area contributed by atoms with Gasteiger partial charge in [0, 0.05) is 16.6 Å². The molecule has 1 aliphatic rings. The fourth-order valence-electron chi connectivity index (χ4n) is 2.87. The van der Waals surface area contributed by atoms with Crippen molar-refractivity contribution in [2.24, 2.45) is 0 Å². The Balaban J connectivity index is 1.74. The van der Waals surface area contributed by atoms with Crippen LogP contribution in [-0.2, 0) is 6.54 Å². The minimum atomic E-state index is -0.0137. The van der Waals surface area contributed by atoms with Gasteiger partial charge in [0.1, 0.15) is 10.9 Å². The lowest BCUT2D eigenvalue weighted by molar-refractivity contribution is 0.0996. The summed E-state index contributed by atoms with van der Waals surface area (Å²) in [7, 11) is 1.60. The Morgan fingerprint density at radius 3 is 2.83 bits per heavy atom. The standard InChI is InChI=1S/C18H13ClN2O2/c1-23-14-5-2-12-10-21(18(22)15(12)9-14)13-4-6-16-11(8-13)3-7-17(19)20-16/h2-9H,10H2,1H3. The first-order valence-corrected chi connectivity index (χ1v) is 7.58. The molecule has 3 aromatic rings. The van der Waals surface area contributed by atoms with Crippen molar-refractivity contribution in [3.05, 3.63) is 64.8 Å². The Bertz CT molecular complexity index is 939. The van der Waals surface area contributed by atoms with Gasteiger partial charge in [-0.25, -0.2) is 4.98 Å². The zero-order valence-corrected chi connectivity index (χ0v) is 13.2. The van der Waals surface area contributed by atoms with E-state index in [9.17, 15) is 4.79 Å². The minimum Gasteiger partial charge on any atom is -0.497 e. The number of amides is 1. The van der Waals surface area contributed by atoms with Crippen LogP contribution >= 0.6 is 11.6 Å². The SMILES string of the molecule is COc1ccc2c(c1)C(=O)N(c1ccc3nc(Cl)ccc3c1)C2. The van der Waals surface area contributed by atoms with Gasteiger partial charge in [0.25, 0.3) is 5.91 Å². The average Bonchev–Trinajstić information content (AvgIpc) is 2.90. The molecule has 2 aromatic carbocycles. The summed E-state index contributed by atoms with van der Waals surface area (Å²) >= 11 is 5.91. The minimum absolute atomic E-state index is 0.0137. The Labute approximate surface area is 138 Å². The number of ether oxygens (including phenoxy) is 1. The fourth-order valence-corrected chi connectivity index (χ4v) is 3.03. The van der Waals surface area contributed by atoms with Gasteiger partial charge in [-0.3, -0.25) is 4.79 Å². The third-order valence-corrected chi connectivity index (χ3v) is 4.28. The summed E-state index contributed by atoms with van der Waals surface area (Å²) < 4.78 is 5.21. The molecule has 0 N–H and O–H groups in total. The fraction of sp³-hybridized carbons (Fsp3) is 0.111. The summed E-state index contributed by atoms with van der Waals surface area (Å²) in [5.41, 5.74) is 3.36. The summed E-state index contributed by atoms with van der Waals surface area (Å²) in [5.74, 6) is 0.677. The molecule has 0 saturated carbocycles. The molecule has 1 amide bonds. The third kappa shape index (κ3) is 2.32. The Kier molecular flexibility index (Phi) is 3.20. The van der Waals surface area contributed by atoms with Gasteiger partial charge in [0.15, 0.2) is 0 Å². The number of aromatic nitrogens is 1. The van der Waals surface area contributed by atoms with Crippen LogP contribution in [0.15, 0.2) is 48.5 Å². The molecular formula is C18H13ClN2O2. The molecule has 0 atom stereocenters. The van der Waals surface area contributed by atoms with E-state index in [2.05, 4.69) is 4.98 Å². The number of pyridine rings is 1. The topological polar surface area (TPSA) is 42.4 Å². The van der Waals surface area contributed by atoms with Crippen LogP contribution in [0, 0.1) is 0 Å². The van der Waals surface area contributed by atoms with E-state index in [1.54, 1.807) is 24.1 Å². The number of hydrogen-bond donors (Lipinski definition) is 0. The Morgan fingerprint density at radius 2 is 2.00 bits per heavy atom. The van der Waals surface area contributed by atoms with Crippen molar-refractivity contribution >= 4 is 34.1 Å². The van der Waals surface area contributed by atoms with Crippen molar-refractivity contribution in [2.75, 3.05) is 12.0 Å². The van der Waals surface area contributed by atoms with E-state index in [1.807, 2.05) is 36.4 Å². The maximum Gasteiger partial charge on any atom is 0.259 e. The summed E-state index contributed by atoms with van der Waals surface area (Å²) in [4.78, 5) is 18.7. The van der Waals surface area contributed by atoms with Crippen molar-refractivity contribution in [3.63, 3.8) is 0 Å². The predicted octanol–water partition coefficient (Wildman–Crippen LogP) is 4.06. The van der Waals surface area contributed by atoms with E-state index < -0.39 is 0 Å². The smallest absolute Gasteiger partial charge is 0.259 e. The number of fused-ring (bicyclic) bond motifs is 2. The lowest BCUT2D eigenvalue weighted by Crippen LogP contribution is -2.22. The number of anilines is 1. The highest BCUT2D eigenvalue weighted by Gasteiger charge is 2.29. The molecule has 5 heteroatoms. The number of carbonyl (C=O) groups is 1. The monoisotopic (exact) mass is 324 g/mol. The van der Waals surface area contributed by atoms with E-state index in [0.717, 1.165) is 22.2 Å². The summed E-state index contributed by atoms with van der Waals surface area (Å²) in [6.45, 7) is 0.560. The zero-order chi connectivity index (χ0) is 16.0. The Morgan fingerprint density at radius 1 is 1.13 bits per heavy atom. The highest BCUT2D eigenvalue weighted by Crippen LogP contribution is 2.32. The second kappa shape index (κ2) is 5.25. The molecule has 0 saturated heterocycles. The largest absolute Gasteiger partial charge is 0.497 e. The Hall–Kier alpha value is -2.59. The molecule has 1 aromatic heterocycles. The quantitative estimate of drug-likeness (QED) is 0.668. The molecule has 4 nitrogen and oxygen atoms in total. The van der Waals surface area contributed by atoms with Crippen LogP contribution in [0.1, 0.15) is 15.9 Å². The van der Waals surface area contributed by atoms with Gasteiger partial charge in [-0.05, 0) is 48.0 Å². The molecule has 2 heterocycles. The first kappa shape index (κ1) is 14.0. The highest BCUT2D eigenvalue weighted by molar-refractivity contribution is 6.29. The molecule has 0 spiro atoms. The highest BCUT2D eigenvalue weighted by atomic mass is 35.5. The molecular weight excluding hydrogens is 312 g/mol. The summed E-state index contributed by atoms with van der Waals surface area (Å²) in [5, 5.41) is 1.41. The maximum absolute atomic E-state index is 12.7. The molecule has 0 radical (unpaired) electrons. The number of methoxy groups -OCH3 is 1. The molecule has 0 aliphatic carbocycles. The molecule has 4 rings (SSSR count). The average molecular weight is 325 g/mol. The van der Waals surface area contributed by atoms with E-state index in [1.165, 1.54) is 0 Å². The van der Waals surface area contributed by atoms with E-state index in [-0.39, 0.29) is 5.91 Å². The predicted molar refractivity (Wildman–Crippen MR) is 90.3 cm³/mol. The normalized spacial score (nSPS) is 13.5. The van der Waals surface area contributed by atoms with Crippen molar-refractivity contribution in [1.29, 1.82) is 0 Å². The first-order chi connectivity index (χ1) is 11.2. The molecule has 1 aliphatic heterocycles. The van der Waals surface area contributed by atoms with Crippen molar-refractivity contribution < 1.29 is 9.53 Å². The van der Waals surface area contributed by atoms with Gasteiger partial charge in [-0.1, -0.05) is 17.7 Å².